The van der Waals surface area contributed by atoms with Gasteiger partial charge in [0.05, 0.1) is 25.3 Å². The van der Waals surface area contributed by atoms with Crippen molar-refractivity contribution >= 4 is 11.0 Å². The Morgan fingerprint density at radius 1 is 1.07 bits per heavy atom. The van der Waals surface area contributed by atoms with Crippen LogP contribution in [0.2, 0.25) is 0 Å². The number of fused-ring (bicyclic) bond motifs is 1. The van der Waals surface area contributed by atoms with Gasteiger partial charge in [-0.2, -0.15) is 0 Å². The molecule has 3 aromatic rings. The van der Waals surface area contributed by atoms with Crippen LogP contribution in [0.15, 0.2) is 51.7 Å². The third kappa shape index (κ3) is 3.61. The van der Waals surface area contributed by atoms with Crippen LogP contribution in [-0.4, -0.2) is 45.4 Å². The highest BCUT2D eigenvalue weighted by Crippen LogP contribution is 2.29. The van der Waals surface area contributed by atoms with Crippen LogP contribution >= 0.6 is 0 Å². The molecular formula is C22H26N2O4+2. The summed E-state index contributed by atoms with van der Waals surface area (Å²) in [6, 6.07) is 12.7. The van der Waals surface area contributed by atoms with Gasteiger partial charge >= 0.3 is 5.63 Å². The van der Waals surface area contributed by atoms with E-state index in [1.54, 1.807) is 19.2 Å². The Morgan fingerprint density at radius 2 is 1.79 bits per heavy atom. The number of benzene rings is 2. The van der Waals surface area contributed by atoms with Crippen molar-refractivity contribution in [1.29, 1.82) is 0 Å². The van der Waals surface area contributed by atoms with E-state index >= 15 is 0 Å². The molecular weight excluding hydrogens is 356 g/mol. The molecule has 1 saturated heterocycles. The predicted molar refractivity (Wildman–Crippen MR) is 107 cm³/mol. The van der Waals surface area contributed by atoms with Gasteiger partial charge < -0.3 is 24.1 Å². The summed E-state index contributed by atoms with van der Waals surface area (Å²) in [5, 5.41) is 11.2. The van der Waals surface area contributed by atoms with E-state index in [1.807, 2.05) is 30.3 Å². The molecule has 2 aromatic carbocycles. The number of ether oxygens (including phenoxy) is 1. The number of rotatable bonds is 4. The fourth-order valence-corrected chi connectivity index (χ4v) is 3.83. The highest BCUT2D eigenvalue weighted by Gasteiger charge is 2.23. The summed E-state index contributed by atoms with van der Waals surface area (Å²) in [5.74, 6) is 0.921. The Morgan fingerprint density at radius 3 is 2.46 bits per heavy atom. The number of nitrogens with one attached hydrogen (secondary N) is 2. The maximum absolute atomic E-state index is 12.7. The summed E-state index contributed by atoms with van der Waals surface area (Å²) in [4.78, 5) is 15.6. The number of methoxy groups -OCH3 is 1. The van der Waals surface area contributed by atoms with Crippen molar-refractivity contribution in [2.45, 2.75) is 6.54 Å². The molecule has 0 bridgehead atoms. The van der Waals surface area contributed by atoms with Crippen LogP contribution in [0.4, 0.5) is 0 Å². The lowest BCUT2D eigenvalue weighted by atomic mass is 10.0. The van der Waals surface area contributed by atoms with Crippen molar-refractivity contribution in [3.8, 4) is 22.6 Å². The summed E-state index contributed by atoms with van der Waals surface area (Å²) in [5.41, 5.74) is 2.08. The summed E-state index contributed by atoms with van der Waals surface area (Å²) >= 11 is 0. The highest BCUT2D eigenvalue weighted by atomic mass is 16.5. The Bertz CT molecular complexity index is 1030. The van der Waals surface area contributed by atoms with Crippen LogP contribution < -0.4 is 20.2 Å². The topological polar surface area (TPSA) is 68.5 Å². The minimum atomic E-state index is -0.401. The number of hydrogen-bond acceptors (Lipinski definition) is 4. The van der Waals surface area contributed by atoms with Gasteiger partial charge in [0.1, 0.15) is 44.2 Å². The number of likely N-dealkylation sites (N-methyl/N-ethyl adjacent to an activating group) is 1. The predicted octanol–water partition coefficient (Wildman–Crippen LogP) is 0.0874. The molecule has 1 aromatic heterocycles. The Balaban J connectivity index is 1.72. The van der Waals surface area contributed by atoms with Gasteiger partial charge in [-0.05, 0) is 35.9 Å². The Hall–Kier alpha value is -2.83. The van der Waals surface area contributed by atoms with Crippen molar-refractivity contribution in [3.63, 3.8) is 0 Å². The fraction of sp³-hybridized carbons (Fsp3) is 0.318. The number of hydrogen-bond donors (Lipinski definition) is 3. The van der Waals surface area contributed by atoms with Gasteiger partial charge in [0.15, 0.2) is 5.58 Å². The first-order valence-electron chi connectivity index (χ1n) is 9.63. The zero-order valence-electron chi connectivity index (χ0n) is 16.2. The second kappa shape index (κ2) is 7.66. The van der Waals surface area contributed by atoms with Gasteiger partial charge in [0.2, 0.25) is 0 Å². The quantitative estimate of drug-likeness (QED) is 0.560. The molecule has 1 aliphatic rings. The third-order valence-corrected chi connectivity index (χ3v) is 5.62. The summed E-state index contributed by atoms with van der Waals surface area (Å²) in [6.07, 6.45) is 0. The van der Waals surface area contributed by atoms with E-state index in [0.717, 1.165) is 42.9 Å². The monoisotopic (exact) mass is 382 g/mol. The number of phenolic OH excluding ortho intramolecular Hbond substituents is 1. The van der Waals surface area contributed by atoms with Gasteiger partial charge in [-0.3, -0.25) is 0 Å². The maximum Gasteiger partial charge on any atom is 0.344 e. The summed E-state index contributed by atoms with van der Waals surface area (Å²) < 4.78 is 10.9. The molecule has 0 radical (unpaired) electrons. The van der Waals surface area contributed by atoms with E-state index in [-0.39, 0.29) is 5.75 Å². The van der Waals surface area contributed by atoms with Crippen LogP contribution in [0.5, 0.6) is 11.5 Å². The SMILES string of the molecule is COc1ccc(-c2cc3ccc(O)c(C[NH+]4CC[NH+](C)CC4)c3oc2=O)cc1. The summed E-state index contributed by atoms with van der Waals surface area (Å²) in [6.45, 7) is 4.94. The van der Waals surface area contributed by atoms with Crippen molar-refractivity contribution in [2.24, 2.45) is 0 Å². The molecule has 6 nitrogen and oxygen atoms in total. The van der Waals surface area contributed by atoms with Gasteiger partial charge in [-0.25, -0.2) is 4.79 Å². The van der Waals surface area contributed by atoms with Gasteiger partial charge in [-0.1, -0.05) is 12.1 Å². The van der Waals surface area contributed by atoms with Crippen LogP contribution in [0, 0.1) is 0 Å². The minimum Gasteiger partial charge on any atom is -0.507 e. The summed E-state index contributed by atoms with van der Waals surface area (Å²) in [7, 11) is 3.81. The standard InChI is InChI=1S/C22H24N2O4/c1-23-9-11-24(12-10-23)14-19-20(25)8-5-16-13-18(22(26)28-21(16)19)15-3-6-17(27-2)7-4-15/h3-8,13,25H,9-12,14H2,1-2H3/p+2. The molecule has 1 aliphatic heterocycles. The van der Waals surface area contributed by atoms with Crippen molar-refractivity contribution < 1.29 is 24.1 Å². The first-order valence-corrected chi connectivity index (χ1v) is 9.63. The van der Waals surface area contributed by atoms with Crippen LogP contribution in [0.1, 0.15) is 5.56 Å². The molecule has 3 N–H and O–H groups in total. The second-order valence-corrected chi connectivity index (χ2v) is 7.54. The molecule has 0 amide bonds. The van der Waals surface area contributed by atoms with Crippen molar-refractivity contribution in [3.05, 3.63) is 58.4 Å². The van der Waals surface area contributed by atoms with E-state index in [9.17, 15) is 9.90 Å². The minimum absolute atomic E-state index is 0.187. The number of piperazine rings is 1. The second-order valence-electron chi connectivity index (χ2n) is 7.54. The fourth-order valence-electron chi connectivity index (χ4n) is 3.83. The van der Waals surface area contributed by atoms with Crippen LogP contribution in [0.25, 0.3) is 22.1 Å². The normalized spacial score (nSPS) is 19.6. The van der Waals surface area contributed by atoms with E-state index in [4.69, 9.17) is 9.15 Å². The lowest BCUT2D eigenvalue weighted by Crippen LogP contribution is -3.26. The molecule has 6 heteroatoms. The molecule has 4 rings (SSSR count). The van der Waals surface area contributed by atoms with Crippen molar-refractivity contribution in [2.75, 3.05) is 40.3 Å². The van der Waals surface area contributed by atoms with Crippen molar-refractivity contribution in [1.82, 2.24) is 0 Å². The smallest absolute Gasteiger partial charge is 0.344 e. The Kier molecular flexibility index (Phi) is 5.07. The lowest BCUT2D eigenvalue weighted by Gasteiger charge is -2.27. The zero-order valence-corrected chi connectivity index (χ0v) is 16.2. The molecule has 0 spiro atoms. The number of phenols is 1. The molecule has 0 aliphatic carbocycles. The first-order chi connectivity index (χ1) is 13.5. The molecule has 28 heavy (non-hydrogen) atoms. The Labute approximate surface area is 163 Å². The first kappa shape index (κ1) is 18.5. The third-order valence-electron chi connectivity index (χ3n) is 5.62. The average molecular weight is 382 g/mol. The van der Waals surface area contributed by atoms with E-state index in [2.05, 4.69) is 7.05 Å². The van der Waals surface area contributed by atoms with E-state index in [1.165, 1.54) is 9.80 Å². The van der Waals surface area contributed by atoms with Gasteiger partial charge in [-0.15, -0.1) is 0 Å². The average Bonchev–Trinajstić information content (AvgIpc) is 2.71. The number of quaternary nitrogens is 2. The van der Waals surface area contributed by atoms with E-state index in [0.29, 0.717) is 23.3 Å². The molecule has 2 heterocycles. The van der Waals surface area contributed by atoms with Crippen LogP contribution in [0.3, 0.4) is 0 Å². The lowest BCUT2D eigenvalue weighted by molar-refractivity contribution is -1.01. The maximum atomic E-state index is 12.7. The molecule has 0 unspecified atom stereocenters. The van der Waals surface area contributed by atoms with E-state index < -0.39 is 5.63 Å². The molecule has 0 saturated carbocycles. The molecule has 1 fully saturated rings. The zero-order chi connectivity index (χ0) is 19.7. The van der Waals surface area contributed by atoms with Gasteiger partial charge in [0, 0.05) is 5.39 Å². The van der Waals surface area contributed by atoms with Crippen LogP contribution in [-0.2, 0) is 6.54 Å². The molecule has 146 valence electrons. The largest absolute Gasteiger partial charge is 0.507 e. The molecule has 0 atom stereocenters. The highest BCUT2D eigenvalue weighted by molar-refractivity contribution is 5.85. The number of aromatic hydroxyl groups is 1. The van der Waals surface area contributed by atoms with Gasteiger partial charge in [0.25, 0.3) is 0 Å².